The van der Waals surface area contributed by atoms with Gasteiger partial charge in [-0.3, -0.25) is 24.0 Å². The second kappa shape index (κ2) is 17.8. The van der Waals surface area contributed by atoms with Crippen LogP contribution in [-0.4, -0.2) is 93.5 Å². The smallest absolute Gasteiger partial charge is 0.327 e. The summed E-state index contributed by atoms with van der Waals surface area (Å²) in [5.41, 5.74) is 3.64. The summed E-state index contributed by atoms with van der Waals surface area (Å²) < 4.78 is 25.2. The number of allylic oxidation sites excluding steroid dienone is 1. The molecule has 2 amide bonds. The molecule has 4 N–H and O–H groups in total. The number of hydrogen-bond acceptors (Lipinski definition) is 12. The van der Waals surface area contributed by atoms with Crippen LogP contribution in [0.5, 0.6) is 5.75 Å². The van der Waals surface area contributed by atoms with Gasteiger partial charge in [0.25, 0.3) is 5.91 Å². The molecule has 0 radical (unpaired) electrons. The molecule has 14 heteroatoms. The summed E-state index contributed by atoms with van der Waals surface area (Å²) in [6.45, 7) is 5.14. The quantitative estimate of drug-likeness (QED) is 0.121. The van der Waals surface area contributed by atoms with Crippen LogP contribution in [0.4, 0.5) is 0 Å². The lowest BCUT2D eigenvalue weighted by molar-refractivity contribution is -0.217. The fourth-order valence-electron chi connectivity index (χ4n) is 10.1. The number of benzene rings is 4. The van der Waals surface area contributed by atoms with Crippen LogP contribution in [0.2, 0.25) is 0 Å². The maximum atomic E-state index is 15.0. The average molecular weight is 886 g/mol. The molecule has 3 aliphatic heterocycles. The molecular weight excluding hydrogens is 831 g/mol. The Hall–Kier alpha value is -5.90. The number of phenols is 1. The zero-order chi connectivity index (χ0) is 45.5. The minimum Gasteiger partial charge on any atom is -0.508 e. The fourth-order valence-corrected chi connectivity index (χ4v) is 10.1. The number of nitrogens with one attached hydrogen (secondary N) is 2. The first kappa shape index (κ1) is 44.3. The van der Waals surface area contributed by atoms with E-state index in [4.69, 9.17) is 23.8 Å². The van der Waals surface area contributed by atoms with Gasteiger partial charge in [0.15, 0.2) is 11.8 Å². The third-order valence-corrected chi connectivity index (χ3v) is 13.0. The number of para-hydroxylation sites is 1. The van der Waals surface area contributed by atoms with Crippen molar-refractivity contribution < 1.29 is 53.2 Å². The number of esters is 2. The number of carbonyl (C=O) groups excluding carboxylic acids is 4. The van der Waals surface area contributed by atoms with E-state index in [2.05, 4.69) is 22.8 Å². The Morgan fingerprint density at radius 1 is 0.923 bits per heavy atom. The number of hydroxylamine groups is 2. The number of aliphatic hydroxyl groups excluding tert-OH is 1. The van der Waals surface area contributed by atoms with E-state index in [0.717, 1.165) is 27.8 Å². The van der Waals surface area contributed by atoms with Gasteiger partial charge < -0.3 is 39.8 Å². The number of amides is 2. The number of rotatable bonds is 14. The highest BCUT2D eigenvalue weighted by Crippen LogP contribution is 2.58. The standard InChI is InChI=1S/C51H55N3O11/c1-49(2,3)62-41(57)22-21-38(30-55)53-46(58)35-19-10-13-32(24-35)28-52-48(60)51-27-40-42-43(64-50(63-42)25-36-16-4-5-17-37(36)26-50)45(51)65-54(44(51)47(59)61-40)29-33-14-8-11-31(23-33)12-9-18-34-15-6-7-20-39(34)56/h4-17,19-20,23-24,38,40,42-45,55-56H,18,21-22,25-30H2,1-3H3,(H,52,60)(H,53,58). The highest BCUT2D eigenvalue weighted by atomic mass is 16.8. The van der Waals surface area contributed by atoms with Gasteiger partial charge in [0, 0.05) is 37.8 Å². The van der Waals surface area contributed by atoms with Crippen LogP contribution in [0.15, 0.2) is 103 Å². The Balaban J connectivity index is 0.943. The monoisotopic (exact) mass is 885 g/mol. The van der Waals surface area contributed by atoms with Gasteiger partial charge >= 0.3 is 11.9 Å². The van der Waals surface area contributed by atoms with E-state index in [1.54, 1.807) is 62.2 Å². The van der Waals surface area contributed by atoms with E-state index in [1.807, 2.05) is 60.7 Å². The fraction of sp³-hybridized carbons (Fsp3) is 0.412. The van der Waals surface area contributed by atoms with Gasteiger partial charge in [-0.05, 0) is 85.2 Å². The lowest BCUT2D eigenvalue weighted by Crippen LogP contribution is -2.69. The number of phenolic OH excluding ortho intramolecular Hbond substituents is 1. The molecule has 0 aromatic heterocycles. The van der Waals surface area contributed by atoms with Crippen molar-refractivity contribution in [3.63, 3.8) is 0 Å². The number of carbonyl (C=O) groups is 4. The molecule has 1 spiro atoms. The molecule has 3 saturated heterocycles. The van der Waals surface area contributed by atoms with Crippen LogP contribution in [0, 0.1) is 5.41 Å². The van der Waals surface area contributed by atoms with Crippen LogP contribution in [0.1, 0.15) is 83.8 Å². The van der Waals surface area contributed by atoms with Crippen LogP contribution < -0.4 is 10.6 Å². The number of hydrogen-bond donors (Lipinski definition) is 4. The van der Waals surface area contributed by atoms with Crippen molar-refractivity contribution in [1.82, 2.24) is 15.7 Å². The van der Waals surface area contributed by atoms with E-state index >= 15 is 4.79 Å². The molecule has 65 heavy (non-hydrogen) atoms. The van der Waals surface area contributed by atoms with Crippen LogP contribution >= 0.6 is 0 Å². The molecule has 4 aromatic carbocycles. The van der Waals surface area contributed by atoms with Gasteiger partial charge in [-0.25, -0.2) is 0 Å². The SMILES string of the molecule is CC(C)(C)OC(=O)CCC(CO)NC(=O)c1cccc(CNC(=O)C23CC4OC(=O)C2N(Cc2cccc(C=CCc5ccccc5O)c2)OC3C2OC3(Cc5ccccc5C3)OC42)c1. The molecule has 14 nitrogen and oxygen atoms in total. The van der Waals surface area contributed by atoms with Crippen LogP contribution in [-0.2, 0) is 70.5 Å². The number of aromatic hydroxyl groups is 1. The summed E-state index contributed by atoms with van der Waals surface area (Å²) in [6, 6.07) is 28.1. The summed E-state index contributed by atoms with van der Waals surface area (Å²) in [6.07, 6.45) is 2.78. The Morgan fingerprint density at radius 2 is 1.65 bits per heavy atom. The van der Waals surface area contributed by atoms with Crippen LogP contribution in [0.3, 0.4) is 0 Å². The number of ether oxygens (including phenoxy) is 4. The maximum absolute atomic E-state index is 15.0. The molecule has 4 aromatic rings. The van der Waals surface area contributed by atoms with Gasteiger partial charge in [0.05, 0.1) is 19.2 Å². The number of nitrogens with zero attached hydrogens (tertiary/aromatic N) is 1. The molecular formula is C51H55N3O11. The Morgan fingerprint density at radius 3 is 2.40 bits per heavy atom. The van der Waals surface area contributed by atoms with E-state index in [9.17, 15) is 24.6 Å². The minimum atomic E-state index is -1.42. The van der Waals surface area contributed by atoms with Crippen molar-refractivity contribution in [3.05, 3.63) is 142 Å². The zero-order valence-electron chi connectivity index (χ0n) is 36.7. The highest BCUT2D eigenvalue weighted by molar-refractivity contribution is 5.95. The Bertz CT molecular complexity index is 2480. The molecule has 7 unspecified atom stereocenters. The van der Waals surface area contributed by atoms with Crippen molar-refractivity contribution in [2.45, 2.75) is 120 Å². The Kier molecular flexibility index (Phi) is 12.1. The molecule has 7 atom stereocenters. The lowest BCUT2D eigenvalue weighted by atomic mass is 9.62. The summed E-state index contributed by atoms with van der Waals surface area (Å²) in [5, 5.41) is 27.7. The minimum absolute atomic E-state index is 0.0210. The first-order valence-electron chi connectivity index (χ1n) is 22.3. The van der Waals surface area contributed by atoms with E-state index < -0.39 is 77.1 Å². The van der Waals surface area contributed by atoms with E-state index in [1.165, 1.54) is 0 Å². The second-order valence-electron chi connectivity index (χ2n) is 18.8. The summed E-state index contributed by atoms with van der Waals surface area (Å²) in [4.78, 5) is 61.8. The lowest BCUT2D eigenvalue weighted by Gasteiger charge is -2.48. The van der Waals surface area contributed by atoms with Gasteiger partial charge in [-0.1, -0.05) is 91.0 Å². The van der Waals surface area contributed by atoms with Crippen molar-refractivity contribution in [2.24, 2.45) is 5.41 Å². The van der Waals surface area contributed by atoms with Crippen molar-refractivity contribution in [2.75, 3.05) is 6.61 Å². The van der Waals surface area contributed by atoms with Gasteiger partial charge in [-0.15, -0.1) is 0 Å². The Labute approximate surface area is 377 Å². The summed E-state index contributed by atoms with van der Waals surface area (Å²) in [5.74, 6) is -2.64. The van der Waals surface area contributed by atoms with Gasteiger partial charge in [-0.2, -0.15) is 5.06 Å². The van der Waals surface area contributed by atoms with Crippen LogP contribution in [0.25, 0.3) is 6.08 Å². The molecule has 9 rings (SSSR count). The van der Waals surface area contributed by atoms with Gasteiger partial charge in [0.2, 0.25) is 5.91 Å². The van der Waals surface area contributed by atoms with E-state index in [0.29, 0.717) is 30.4 Å². The number of aliphatic hydroxyl groups is 1. The number of fused-ring (bicyclic) bond motifs is 5. The molecule has 3 heterocycles. The van der Waals surface area contributed by atoms with Gasteiger partial charge in [0.1, 0.15) is 41.2 Å². The second-order valence-corrected chi connectivity index (χ2v) is 18.8. The predicted octanol–water partition coefficient (Wildman–Crippen LogP) is 5.26. The largest absolute Gasteiger partial charge is 0.508 e. The molecule has 340 valence electrons. The van der Waals surface area contributed by atoms with E-state index in [-0.39, 0.29) is 44.7 Å². The molecule has 2 bridgehead atoms. The summed E-state index contributed by atoms with van der Waals surface area (Å²) in [7, 11) is 0. The molecule has 4 fully saturated rings. The highest BCUT2D eigenvalue weighted by Gasteiger charge is 2.76. The summed E-state index contributed by atoms with van der Waals surface area (Å²) >= 11 is 0. The third-order valence-electron chi connectivity index (χ3n) is 13.0. The van der Waals surface area contributed by atoms with Crippen molar-refractivity contribution in [3.8, 4) is 5.75 Å². The molecule has 2 aliphatic carbocycles. The third kappa shape index (κ3) is 9.06. The average Bonchev–Trinajstić information content (AvgIpc) is 3.95. The first-order chi connectivity index (χ1) is 31.2. The molecule has 1 saturated carbocycles. The first-order valence-corrected chi connectivity index (χ1v) is 22.3. The molecule has 5 aliphatic rings. The van der Waals surface area contributed by atoms with Crippen molar-refractivity contribution >= 4 is 29.8 Å². The normalized spacial score (nSPS) is 25.5. The predicted molar refractivity (Wildman–Crippen MR) is 236 cm³/mol. The van der Waals surface area contributed by atoms with Crippen molar-refractivity contribution in [1.29, 1.82) is 0 Å². The topological polar surface area (TPSA) is 182 Å². The zero-order valence-corrected chi connectivity index (χ0v) is 36.7. The maximum Gasteiger partial charge on any atom is 0.327 e.